The molecular weight excluding hydrogens is 458 g/mol. The maximum Gasteiger partial charge on any atom is 0.339 e. The highest BCUT2D eigenvalue weighted by atomic mass is 19.1. The third kappa shape index (κ3) is 6.75. The van der Waals surface area contributed by atoms with Crippen LogP contribution in [0.25, 0.3) is 0 Å². The van der Waals surface area contributed by atoms with E-state index in [0.29, 0.717) is 44.1 Å². The molecule has 1 N–H and O–H groups in total. The summed E-state index contributed by atoms with van der Waals surface area (Å²) < 4.78 is 39.5. The van der Waals surface area contributed by atoms with E-state index in [9.17, 15) is 18.4 Å². The van der Waals surface area contributed by atoms with Crippen molar-refractivity contribution in [3.8, 4) is 0 Å². The van der Waals surface area contributed by atoms with Gasteiger partial charge in [-0.3, -0.25) is 9.36 Å². The number of esters is 1. The van der Waals surface area contributed by atoms with Crippen LogP contribution in [0.2, 0.25) is 0 Å². The molecule has 8 nitrogen and oxygen atoms in total. The van der Waals surface area contributed by atoms with Gasteiger partial charge in [0.15, 0.2) is 0 Å². The number of benzene rings is 1. The van der Waals surface area contributed by atoms with Crippen LogP contribution >= 0.6 is 0 Å². The first-order chi connectivity index (χ1) is 16.7. The summed E-state index contributed by atoms with van der Waals surface area (Å²) in [6, 6.07) is 4.08. The van der Waals surface area contributed by atoms with Crippen LogP contribution in [0, 0.1) is 11.6 Å². The Morgan fingerprint density at radius 3 is 2.37 bits per heavy atom. The highest BCUT2D eigenvalue weighted by molar-refractivity contribution is 5.89. The number of halogens is 2. The largest absolute Gasteiger partial charge is 0.459 e. The van der Waals surface area contributed by atoms with Crippen LogP contribution in [0.3, 0.4) is 0 Å². The summed E-state index contributed by atoms with van der Waals surface area (Å²) in [7, 11) is 0. The zero-order valence-electron chi connectivity index (χ0n) is 20.3. The first kappa shape index (κ1) is 26.1. The van der Waals surface area contributed by atoms with Gasteiger partial charge in [-0.25, -0.2) is 18.6 Å². The van der Waals surface area contributed by atoms with E-state index < -0.39 is 23.6 Å². The lowest BCUT2D eigenvalue weighted by Crippen LogP contribution is -2.37. The number of nitrogens with zero attached hydrogens (tertiary/aromatic N) is 3. The molecule has 1 saturated heterocycles. The minimum Gasteiger partial charge on any atom is -0.459 e. The summed E-state index contributed by atoms with van der Waals surface area (Å²) in [5.41, 5.74) is 1.09. The summed E-state index contributed by atoms with van der Waals surface area (Å²) >= 11 is 0. The number of nitrogens with one attached hydrogen (secondary N) is 1. The van der Waals surface area contributed by atoms with Gasteiger partial charge in [-0.15, -0.1) is 0 Å². The van der Waals surface area contributed by atoms with Gasteiger partial charge in [0.2, 0.25) is 6.41 Å². The molecule has 1 aromatic carbocycles. The molecule has 0 spiro atoms. The topological polar surface area (TPSA) is 85.2 Å². The van der Waals surface area contributed by atoms with Crippen molar-refractivity contribution in [2.45, 2.75) is 39.8 Å². The normalized spacial score (nSPS) is 15.8. The minimum absolute atomic E-state index is 0.146. The fraction of sp³-hybridized carbons (Fsp3) is 0.400. The number of carbonyl (C=O) groups is 2. The summed E-state index contributed by atoms with van der Waals surface area (Å²) in [5, 5.41) is 3.03. The highest BCUT2D eigenvalue weighted by Crippen LogP contribution is 2.21. The first-order valence-electron chi connectivity index (χ1n) is 11.4. The van der Waals surface area contributed by atoms with Crippen molar-refractivity contribution in [3.63, 3.8) is 0 Å². The van der Waals surface area contributed by atoms with E-state index >= 15 is 0 Å². The minimum atomic E-state index is -0.731. The van der Waals surface area contributed by atoms with Crippen LogP contribution in [0.5, 0.6) is 0 Å². The highest BCUT2D eigenvalue weighted by Gasteiger charge is 2.20. The van der Waals surface area contributed by atoms with Crippen LogP contribution in [0.15, 0.2) is 47.4 Å². The second-order valence-electron chi connectivity index (χ2n) is 8.36. The number of hydrogen-bond acceptors (Lipinski definition) is 7. The molecule has 2 aromatic rings. The Morgan fingerprint density at radius 1 is 1.14 bits per heavy atom. The quantitative estimate of drug-likeness (QED) is 0.451. The van der Waals surface area contributed by atoms with Gasteiger partial charge in [-0.05, 0) is 52.0 Å². The van der Waals surface area contributed by atoms with Crippen molar-refractivity contribution in [2.24, 2.45) is 4.99 Å². The SMILES string of the molecule is C/C=C(\N=c1\c(C(C)Nc2cc(F)cc(F)c2)cc(C(=O)OC(C)C)cn1C=O)N1CCOCC1. The number of hydrogen-bond donors (Lipinski definition) is 1. The van der Waals surface area contributed by atoms with Crippen molar-refractivity contribution in [1.82, 2.24) is 9.47 Å². The lowest BCUT2D eigenvalue weighted by atomic mass is 10.1. The third-order valence-electron chi connectivity index (χ3n) is 5.31. The average molecular weight is 489 g/mol. The Labute approximate surface area is 202 Å². The number of pyridine rings is 1. The number of rotatable bonds is 8. The predicted octanol–water partition coefficient (Wildman–Crippen LogP) is 3.64. The van der Waals surface area contributed by atoms with E-state index in [1.54, 1.807) is 26.8 Å². The first-order valence-corrected chi connectivity index (χ1v) is 11.4. The van der Waals surface area contributed by atoms with Crippen LogP contribution in [-0.4, -0.2) is 54.3 Å². The van der Waals surface area contributed by atoms with Crippen LogP contribution in [0.4, 0.5) is 14.5 Å². The van der Waals surface area contributed by atoms with Crippen molar-refractivity contribution < 1.29 is 27.8 Å². The molecule has 0 aliphatic carbocycles. The van der Waals surface area contributed by atoms with Crippen molar-refractivity contribution in [1.29, 1.82) is 0 Å². The van der Waals surface area contributed by atoms with Crippen molar-refractivity contribution >= 4 is 18.1 Å². The second kappa shape index (κ2) is 11.7. The fourth-order valence-electron chi connectivity index (χ4n) is 3.73. The summed E-state index contributed by atoms with van der Waals surface area (Å²) in [6.07, 6.45) is 3.38. The van der Waals surface area contributed by atoms with E-state index in [4.69, 9.17) is 14.5 Å². The zero-order chi connectivity index (χ0) is 25.5. The summed E-state index contributed by atoms with van der Waals surface area (Å²) in [6.45, 7) is 9.40. The Bertz CT molecular complexity index is 1150. The predicted molar refractivity (Wildman–Crippen MR) is 127 cm³/mol. The maximum absolute atomic E-state index is 13.8. The number of carbonyl (C=O) groups excluding carboxylic acids is 2. The molecule has 188 valence electrons. The Kier molecular flexibility index (Phi) is 8.75. The smallest absolute Gasteiger partial charge is 0.339 e. The van der Waals surface area contributed by atoms with Gasteiger partial charge < -0.3 is 19.7 Å². The van der Waals surface area contributed by atoms with Crippen LogP contribution in [-0.2, 0) is 14.3 Å². The van der Waals surface area contributed by atoms with Gasteiger partial charge in [0.1, 0.15) is 22.9 Å². The molecular formula is C25H30F2N4O4. The molecule has 0 bridgehead atoms. The van der Waals surface area contributed by atoms with Gasteiger partial charge in [0, 0.05) is 36.6 Å². The van der Waals surface area contributed by atoms with E-state index in [1.807, 2.05) is 17.9 Å². The molecule has 1 unspecified atom stereocenters. The fourth-order valence-corrected chi connectivity index (χ4v) is 3.73. The van der Waals surface area contributed by atoms with Gasteiger partial charge in [0.25, 0.3) is 0 Å². The van der Waals surface area contributed by atoms with Crippen LogP contribution < -0.4 is 10.8 Å². The maximum atomic E-state index is 13.8. The molecule has 1 aliphatic heterocycles. The van der Waals surface area contributed by atoms with E-state index in [2.05, 4.69) is 5.32 Å². The Balaban J connectivity index is 2.14. The van der Waals surface area contributed by atoms with E-state index in [-0.39, 0.29) is 22.8 Å². The molecule has 1 aromatic heterocycles. The third-order valence-corrected chi connectivity index (χ3v) is 5.31. The molecule has 2 heterocycles. The van der Waals surface area contributed by atoms with Gasteiger partial charge in [0.05, 0.1) is 30.9 Å². The Morgan fingerprint density at radius 2 is 1.80 bits per heavy atom. The Hall–Kier alpha value is -3.53. The standard InChI is InChI=1S/C25H30F2N4O4/c1-5-23(30-6-8-34-9-7-30)29-24-22(17(4)28-21-12-19(26)11-20(27)13-21)10-18(14-31(24)15-32)25(33)35-16(2)3/h5,10-17,28H,6-9H2,1-4H3/b23-5+,29-24-. The lowest BCUT2D eigenvalue weighted by molar-refractivity contribution is 0.0377. The van der Waals surface area contributed by atoms with Gasteiger partial charge >= 0.3 is 5.97 Å². The zero-order valence-corrected chi connectivity index (χ0v) is 20.3. The molecule has 3 rings (SSSR count). The molecule has 1 aliphatic rings. The van der Waals surface area contributed by atoms with E-state index in [0.717, 1.165) is 18.2 Å². The van der Waals surface area contributed by atoms with Crippen molar-refractivity contribution in [3.05, 3.63) is 70.6 Å². The molecule has 0 amide bonds. The van der Waals surface area contributed by atoms with Crippen molar-refractivity contribution in [2.75, 3.05) is 31.6 Å². The summed E-state index contributed by atoms with van der Waals surface area (Å²) in [4.78, 5) is 31.5. The van der Waals surface area contributed by atoms with E-state index in [1.165, 1.54) is 10.8 Å². The lowest BCUT2D eigenvalue weighted by Gasteiger charge is -2.29. The molecule has 1 atom stereocenters. The van der Waals surface area contributed by atoms with Gasteiger partial charge in [-0.1, -0.05) is 0 Å². The number of allylic oxidation sites excluding steroid dienone is 1. The molecule has 10 heteroatoms. The number of anilines is 1. The second-order valence-corrected chi connectivity index (χ2v) is 8.36. The van der Waals surface area contributed by atoms with Crippen LogP contribution in [0.1, 0.15) is 49.7 Å². The summed E-state index contributed by atoms with van der Waals surface area (Å²) in [5.74, 6) is -1.44. The average Bonchev–Trinajstić information content (AvgIpc) is 2.81. The number of ether oxygens (including phenoxy) is 2. The monoisotopic (exact) mass is 488 g/mol. The number of aromatic nitrogens is 1. The van der Waals surface area contributed by atoms with Gasteiger partial charge in [-0.2, -0.15) is 0 Å². The molecule has 0 saturated carbocycles. The molecule has 35 heavy (non-hydrogen) atoms. The molecule has 1 fully saturated rings. The number of morpholine rings is 1. The molecule has 0 radical (unpaired) electrons.